The second-order valence-corrected chi connectivity index (χ2v) is 6.52. The van der Waals surface area contributed by atoms with Crippen LogP contribution in [-0.2, 0) is 22.7 Å². The molecular weight excluding hydrogens is 296 g/mol. The van der Waals surface area contributed by atoms with Crippen LogP contribution in [0.1, 0.15) is 17.5 Å². The lowest BCUT2D eigenvalue weighted by Crippen LogP contribution is -2.03. The van der Waals surface area contributed by atoms with Crippen molar-refractivity contribution in [3.63, 3.8) is 0 Å². The lowest BCUT2D eigenvalue weighted by Gasteiger charge is -2.05. The van der Waals surface area contributed by atoms with Gasteiger partial charge in [0, 0.05) is 0 Å². The van der Waals surface area contributed by atoms with Crippen molar-refractivity contribution in [3.05, 3.63) is 84.4 Å². The summed E-state index contributed by atoms with van der Waals surface area (Å²) in [5.74, 6) is 1.86. The third-order valence-electron chi connectivity index (χ3n) is 4.79. The van der Waals surface area contributed by atoms with E-state index in [-0.39, 0.29) is 0 Å². The minimum Gasteiger partial charge on any atom is -0.376 e. The van der Waals surface area contributed by atoms with Crippen LogP contribution < -0.4 is 0 Å². The highest BCUT2D eigenvalue weighted by Gasteiger charge is 2.48. The molecule has 126 valence electrons. The van der Waals surface area contributed by atoms with Crippen LogP contribution in [0.15, 0.2) is 73.3 Å². The Morgan fingerprint density at radius 2 is 1.17 bits per heavy atom. The van der Waals surface area contributed by atoms with E-state index in [1.807, 2.05) is 18.2 Å². The van der Waals surface area contributed by atoms with Crippen LogP contribution in [0.25, 0.3) is 0 Å². The number of ether oxygens (including phenoxy) is 2. The first kappa shape index (κ1) is 16.9. The van der Waals surface area contributed by atoms with Crippen LogP contribution >= 0.6 is 0 Å². The molecule has 2 nitrogen and oxygen atoms in total. The van der Waals surface area contributed by atoms with E-state index in [1.54, 1.807) is 0 Å². The molecule has 0 radical (unpaired) electrons. The van der Waals surface area contributed by atoms with E-state index < -0.39 is 0 Å². The fourth-order valence-corrected chi connectivity index (χ4v) is 3.33. The molecule has 1 fully saturated rings. The molecule has 24 heavy (non-hydrogen) atoms. The monoisotopic (exact) mass is 322 g/mol. The predicted octanol–water partition coefficient (Wildman–Crippen LogP) is 4.86. The number of benzene rings is 2. The van der Waals surface area contributed by atoms with Gasteiger partial charge in [-0.3, -0.25) is 0 Å². The molecule has 3 atom stereocenters. The second-order valence-electron chi connectivity index (χ2n) is 6.52. The summed E-state index contributed by atoms with van der Waals surface area (Å²) >= 11 is 0. The molecule has 0 amide bonds. The summed E-state index contributed by atoms with van der Waals surface area (Å²) in [5.41, 5.74) is 2.46. The van der Waals surface area contributed by atoms with Crippen LogP contribution in [0.3, 0.4) is 0 Å². The molecule has 2 aromatic carbocycles. The Labute approximate surface area is 145 Å². The fourth-order valence-electron chi connectivity index (χ4n) is 3.33. The standard InChI is InChI=1S/C22H26O2/c1-2-9-20-21(16-23-14-18-10-5-3-6-11-18)22(20)17-24-15-19-12-7-4-8-13-19/h2-8,10-13,20-22H,1,9,14-17H2/t20?,21-,22+. The van der Waals surface area contributed by atoms with E-state index in [0.29, 0.717) is 31.0 Å². The molecule has 2 aromatic rings. The Morgan fingerprint density at radius 1 is 0.708 bits per heavy atom. The maximum Gasteiger partial charge on any atom is 0.0717 e. The summed E-state index contributed by atoms with van der Waals surface area (Å²) in [7, 11) is 0. The predicted molar refractivity (Wildman–Crippen MR) is 97.5 cm³/mol. The van der Waals surface area contributed by atoms with Gasteiger partial charge in [0.2, 0.25) is 0 Å². The first-order valence-electron chi connectivity index (χ1n) is 8.72. The minimum atomic E-state index is 0.600. The molecular formula is C22H26O2. The zero-order valence-electron chi connectivity index (χ0n) is 14.1. The zero-order valence-corrected chi connectivity index (χ0v) is 14.1. The highest BCUT2D eigenvalue weighted by Crippen LogP contribution is 2.49. The second kappa shape index (κ2) is 8.81. The van der Waals surface area contributed by atoms with Gasteiger partial charge >= 0.3 is 0 Å². The van der Waals surface area contributed by atoms with Gasteiger partial charge in [-0.2, -0.15) is 0 Å². The van der Waals surface area contributed by atoms with Crippen LogP contribution in [0.2, 0.25) is 0 Å². The van der Waals surface area contributed by atoms with E-state index in [1.165, 1.54) is 11.1 Å². The molecule has 0 spiro atoms. The molecule has 3 rings (SSSR count). The number of rotatable bonds is 10. The Morgan fingerprint density at radius 3 is 1.58 bits per heavy atom. The van der Waals surface area contributed by atoms with Crippen LogP contribution in [0.4, 0.5) is 0 Å². The molecule has 2 heteroatoms. The normalized spacial score (nSPS) is 22.2. The van der Waals surface area contributed by atoms with Gasteiger partial charge in [-0.05, 0) is 35.3 Å². The Hall–Kier alpha value is -1.90. The highest BCUT2D eigenvalue weighted by atomic mass is 16.5. The minimum absolute atomic E-state index is 0.600. The van der Waals surface area contributed by atoms with E-state index >= 15 is 0 Å². The quantitative estimate of drug-likeness (QED) is 0.582. The van der Waals surface area contributed by atoms with Crippen LogP contribution in [0.5, 0.6) is 0 Å². The molecule has 1 saturated carbocycles. The molecule has 0 aliphatic heterocycles. The van der Waals surface area contributed by atoms with Gasteiger partial charge in [0.1, 0.15) is 0 Å². The topological polar surface area (TPSA) is 18.5 Å². The molecule has 1 unspecified atom stereocenters. The summed E-state index contributed by atoms with van der Waals surface area (Å²) in [6.07, 6.45) is 3.07. The van der Waals surface area contributed by atoms with Crippen molar-refractivity contribution >= 4 is 0 Å². The SMILES string of the molecule is C=CCC1[C@@H](COCc2ccccc2)[C@H]1COCc1ccccc1. The Bertz CT molecular complexity index is 557. The maximum absolute atomic E-state index is 5.93. The largest absolute Gasteiger partial charge is 0.376 e. The van der Waals surface area contributed by atoms with Crippen molar-refractivity contribution in [3.8, 4) is 0 Å². The smallest absolute Gasteiger partial charge is 0.0717 e. The first-order chi connectivity index (χ1) is 11.9. The number of hydrogen-bond donors (Lipinski definition) is 0. The van der Waals surface area contributed by atoms with Gasteiger partial charge in [-0.25, -0.2) is 0 Å². The average molecular weight is 322 g/mol. The van der Waals surface area contributed by atoms with Gasteiger partial charge < -0.3 is 9.47 Å². The lowest BCUT2D eigenvalue weighted by atomic mass is 10.2. The number of hydrogen-bond acceptors (Lipinski definition) is 2. The molecule has 0 bridgehead atoms. The van der Waals surface area contributed by atoms with Gasteiger partial charge in [-0.15, -0.1) is 6.58 Å². The maximum atomic E-state index is 5.93. The Kier molecular flexibility index (Phi) is 6.22. The molecule has 1 aliphatic carbocycles. The van der Waals surface area contributed by atoms with E-state index in [4.69, 9.17) is 9.47 Å². The summed E-state index contributed by atoms with van der Waals surface area (Å²) in [5, 5.41) is 0. The molecule has 0 aromatic heterocycles. The first-order valence-corrected chi connectivity index (χ1v) is 8.72. The lowest BCUT2D eigenvalue weighted by molar-refractivity contribution is 0.0840. The molecule has 0 N–H and O–H groups in total. The summed E-state index contributed by atoms with van der Waals surface area (Å²) in [6, 6.07) is 20.7. The van der Waals surface area contributed by atoms with Crippen molar-refractivity contribution in [2.24, 2.45) is 17.8 Å². The molecule has 1 aliphatic rings. The summed E-state index contributed by atoms with van der Waals surface area (Å²) < 4.78 is 11.9. The molecule has 0 saturated heterocycles. The van der Waals surface area contributed by atoms with E-state index in [2.05, 4.69) is 55.1 Å². The van der Waals surface area contributed by atoms with Crippen molar-refractivity contribution in [2.45, 2.75) is 19.6 Å². The zero-order chi connectivity index (χ0) is 16.6. The van der Waals surface area contributed by atoms with E-state index in [9.17, 15) is 0 Å². The van der Waals surface area contributed by atoms with Gasteiger partial charge in [0.15, 0.2) is 0 Å². The van der Waals surface area contributed by atoms with Crippen molar-refractivity contribution in [1.82, 2.24) is 0 Å². The van der Waals surface area contributed by atoms with E-state index in [0.717, 1.165) is 19.6 Å². The van der Waals surface area contributed by atoms with Crippen molar-refractivity contribution in [2.75, 3.05) is 13.2 Å². The van der Waals surface area contributed by atoms with Crippen molar-refractivity contribution in [1.29, 1.82) is 0 Å². The third-order valence-corrected chi connectivity index (χ3v) is 4.79. The molecule has 0 heterocycles. The fraction of sp³-hybridized carbons (Fsp3) is 0.364. The average Bonchev–Trinajstić information content (AvgIpc) is 3.28. The van der Waals surface area contributed by atoms with Crippen LogP contribution in [-0.4, -0.2) is 13.2 Å². The number of allylic oxidation sites excluding steroid dienone is 1. The third kappa shape index (κ3) is 4.80. The Balaban J connectivity index is 1.40. The highest BCUT2D eigenvalue weighted by molar-refractivity contribution is 5.14. The summed E-state index contributed by atoms with van der Waals surface area (Å²) in [4.78, 5) is 0. The van der Waals surface area contributed by atoms with Gasteiger partial charge in [0.25, 0.3) is 0 Å². The van der Waals surface area contributed by atoms with Crippen LogP contribution in [0, 0.1) is 17.8 Å². The van der Waals surface area contributed by atoms with Gasteiger partial charge in [-0.1, -0.05) is 66.7 Å². The van der Waals surface area contributed by atoms with Crippen molar-refractivity contribution < 1.29 is 9.47 Å². The van der Waals surface area contributed by atoms with Gasteiger partial charge in [0.05, 0.1) is 26.4 Å². The summed E-state index contributed by atoms with van der Waals surface area (Å²) in [6.45, 7) is 6.89.